The van der Waals surface area contributed by atoms with Crippen LogP contribution in [-0.2, 0) is 17.9 Å². The van der Waals surface area contributed by atoms with Crippen LogP contribution in [0.5, 0.6) is 0 Å². The monoisotopic (exact) mass is 369 g/mol. The lowest BCUT2D eigenvalue weighted by molar-refractivity contribution is -0.124. The third-order valence-electron chi connectivity index (χ3n) is 4.71. The number of aromatic nitrogens is 2. The van der Waals surface area contributed by atoms with Crippen LogP contribution in [-0.4, -0.2) is 69.6 Å². The number of piperidine rings is 1. The van der Waals surface area contributed by atoms with Crippen LogP contribution in [0.25, 0.3) is 0 Å². The standard InChI is InChI=1S/C20H27N5O2/c1-24(12-16-5-4-8-21-11-16)15-20(27)23-18-7-10-25(14-19(18)26)13-17-6-2-3-9-22-17/h2-6,8-9,11,18-19,26H,7,10,12-15H2,1H3,(H,23,27)/t18-,19-/m1/s1. The first-order valence-electron chi connectivity index (χ1n) is 9.27. The number of aliphatic hydroxyl groups excluding tert-OH is 1. The zero-order valence-corrected chi connectivity index (χ0v) is 15.7. The first kappa shape index (κ1) is 19.4. The van der Waals surface area contributed by atoms with Gasteiger partial charge < -0.3 is 10.4 Å². The summed E-state index contributed by atoms with van der Waals surface area (Å²) >= 11 is 0. The van der Waals surface area contributed by atoms with E-state index in [0.29, 0.717) is 19.6 Å². The van der Waals surface area contributed by atoms with Gasteiger partial charge in [0.05, 0.1) is 24.4 Å². The van der Waals surface area contributed by atoms with Crippen LogP contribution in [0.4, 0.5) is 0 Å². The van der Waals surface area contributed by atoms with E-state index in [9.17, 15) is 9.90 Å². The number of carbonyl (C=O) groups excluding carboxylic acids is 1. The second kappa shape index (κ2) is 9.55. The van der Waals surface area contributed by atoms with Gasteiger partial charge in [0.25, 0.3) is 0 Å². The number of nitrogens with one attached hydrogen (secondary N) is 1. The molecule has 0 radical (unpaired) electrons. The van der Waals surface area contributed by atoms with E-state index in [1.165, 1.54) is 0 Å². The average molecular weight is 369 g/mol. The highest BCUT2D eigenvalue weighted by Crippen LogP contribution is 2.14. The predicted molar refractivity (Wildman–Crippen MR) is 103 cm³/mol. The molecule has 1 amide bonds. The molecule has 0 aromatic carbocycles. The molecule has 7 heteroatoms. The Balaban J connectivity index is 1.42. The number of likely N-dealkylation sites (tertiary alicyclic amines) is 1. The highest BCUT2D eigenvalue weighted by atomic mass is 16.3. The van der Waals surface area contributed by atoms with Crippen molar-refractivity contribution >= 4 is 5.91 Å². The van der Waals surface area contributed by atoms with Crippen molar-refractivity contribution in [2.24, 2.45) is 0 Å². The molecule has 2 N–H and O–H groups in total. The van der Waals surface area contributed by atoms with Crippen LogP contribution in [0, 0.1) is 0 Å². The van der Waals surface area contributed by atoms with Crippen molar-refractivity contribution in [2.45, 2.75) is 31.7 Å². The molecular formula is C20H27N5O2. The maximum absolute atomic E-state index is 12.3. The number of pyridine rings is 2. The first-order chi connectivity index (χ1) is 13.1. The molecule has 0 spiro atoms. The highest BCUT2D eigenvalue weighted by Gasteiger charge is 2.29. The Hall–Kier alpha value is -2.35. The number of hydrogen-bond donors (Lipinski definition) is 2. The summed E-state index contributed by atoms with van der Waals surface area (Å²) in [5.41, 5.74) is 2.06. The summed E-state index contributed by atoms with van der Waals surface area (Å²) in [5.74, 6) is -0.0661. The zero-order chi connectivity index (χ0) is 19.1. The van der Waals surface area contributed by atoms with Gasteiger partial charge in [0.15, 0.2) is 0 Å². The maximum atomic E-state index is 12.3. The van der Waals surface area contributed by atoms with E-state index in [1.807, 2.05) is 42.3 Å². The van der Waals surface area contributed by atoms with Gasteiger partial charge in [-0.05, 0) is 37.2 Å². The minimum atomic E-state index is -0.574. The van der Waals surface area contributed by atoms with Gasteiger partial charge in [0.1, 0.15) is 0 Å². The molecule has 27 heavy (non-hydrogen) atoms. The average Bonchev–Trinajstić information content (AvgIpc) is 2.65. The minimum absolute atomic E-state index is 0.0661. The lowest BCUT2D eigenvalue weighted by atomic mass is 10.0. The summed E-state index contributed by atoms with van der Waals surface area (Å²) in [5, 5.41) is 13.4. The van der Waals surface area contributed by atoms with Crippen LogP contribution in [0.2, 0.25) is 0 Å². The fourth-order valence-corrected chi connectivity index (χ4v) is 3.39. The lowest BCUT2D eigenvalue weighted by Crippen LogP contribution is -2.55. The molecule has 3 heterocycles. The van der Waals surface area contributed by atoms with Crippen LogP contribution < -0.4 is 5.32 Å². The highest BCUT2D eigenvalue weighted by molar-refractivity contribution is 5.78. The first-order valence-corrected chi connectivity index (χ1v) is 9.27. The number of rotatable bonds is 7. The van der Waals surface area contributed by atoms with E-state index in [4.69, 9.17) is 0 Å². The fraction of sp³-hybridized carbons (Fsp3) is 0.450. The minimum Gasteiger partial charge on any atom is -0.390 e. The molecule has 0 aliphatic carbocycles. The van der Waals surface area contributed by atoms with Crippen LogP contribution in [0.1, 0.15) is 17.7 Å². The molecule has 144 valence electrons. The molecule has 1 saturated heterocycles. The molecule has 1 aliphatic heterocycles. The van der Waals surface area contributed by atoms with E-state index in [0.717, 1.165) is 24.2 Å². The summed E-state index contributed by atoms with van der Waals surface area (Å²) in [7, 11) is 1.90. The molecule has 2 aromatic heterocycles. The van der Waals surface area contributed by atoms with Crippen LogP contribution >= 0.6 is 0 Å². The van der Waals surface area contributed by atoms with E-state index in [-0.39, 0.29) is 18.5 Å². The smallest absolute Gasteiger partial charge is 0.234 e. The molecule has 0 bridgehead atoms. The van der Waals surface area contributed by atoms with E-state index >= 15 is 0 Å². The normalized spacial score (nSPS) is 20.6. The zero-order valence-electron chi connectivity index (χ0n) is 15.7. The molecule has 3 rings (SSSR count). The molecule has 0 unspecified atom stereocenters. The van der Waals surface area contributed by atoms with E-state index < -0.39 is 6.10 Å². The van der Waals surface area contributed by atoms with Crippen molar-refractivity contribution in [1.82, 2.24) is 25.1 Å². The Morgan fingerprint density at radius 2 is 2.22 bits per heavy atom. The summed E-state index contributed by atoms with van der Waals surface area (Å²) in [6.45, 7) is 3.02. The third-order valence-corrected chi connectivity index (χ3v) is 4.71. The quantitative estimate of drug-likeness (QED) is 0.746. The molecule has 2 atom stereocenters. The summed E-state index contributed by atoms with van der Waals surface area (Å²) in [6, 6.07) is 9.52. The second-order valence-corrected chi connectivity index (χ2v) is 7.12. The molecule has 2 aromatic rings. The molecule has 7 nitrogen and oxygen atoms in total. The third kappa shape index (κ3) is 6.09. The van der Waals surface area contributed by atoms with Crippen molar-refractivity contribution in [2.75, 3.05) is 26.7 Å². The number of likely N-dealkylation sites (N-methyl/N-ethyl adjacent to an activating group) is 1. The van der Waals surface area contributed by atoms with Gasteiger partial charge in [-0.25, -0.2) is 0 Å². The second-order valence-electron chi connectivity index (χ2n) is 7.12. The fourth-order valence-electron chi connectivity index (χ4n) is 3.39. The van der Waals surface area contributed by atoms with E-state index in [1.54, 1.807) is 18.6 Å². The number of aliphatic hydroxyl groups is 1. The Bertz CT molecular complexity index is 713. The van der Waals surface area contributed by atoms with Crippen molar-refractivity contribution in [3.8, 4) is 0 Å². The van der Waals surface area contributed by atoms with E-state index in [2.05, 4.69) is 20.2 Å². The van der Waals surface area contributed by atoms with Crippen molar-refractivity contribution < 1.29 is 9.90 Å². The predicted octanol–water partition coefficient (Wildman–Crippen LogP) is 0.660. The Labute approximate surface area is 160 Å². The van der Waals surface area contributed by atoms with Gasteiger partial charge in [-0.1, -0.05) is 12.1 Å². The number of hydrogen-bond acceptors (Lipinski definition) is 6. The lowest BCUT2D eigenvalue weighted by Gasteiger charge is -2.36. The van der Waals surface area contributed by atoms with Gasteiger partial charge in [-0.3, -0.25) is 24.6 Å². The maximum Gasteiger partial charge on any atom is 0.234 e. The van der Waals surface area contributed by atoms with Crippen molar-refractivity contribution in [3.63, 3.8) is 0 Å². The van der Waals surface area contributed by atoms with Gasteiger partial charge >= 0.3 is 0 Å². The Kier molecular flexibility index (Phi) is 6.86. The summed E-state index contributed by atoms with van der Waals surface area (Å²) in [6.07, 6.45) is 5.47. The molecule has 1 aliphatic rings. The van der Waals surface area contributed by atoms with Crippen molar-refractivity contribution in [1.29, 1.82) is 0 Å². The van der Waals surface area contributed by atoms with Crippen LogP contribution in [0.3, 0.4) is 0 Å². The molecular weight excluding hydrogens is 342 g/mol. The number of β-amino-alcohol motifs (C(OH)–C–C–N with tert-alkyl or cyclic N) is 1. The Morgan fingerprint density at radius 1 is 1.33 bits per heavy atom. The Morgan fingerprint density at radius 3 is 2.93 bits per heavy atom. The SMILES string of the molecule is CN(CC(=O)N[C@@H]1CCN(Cc2ccccn2)C[C@H]1O)Cc1cccnc1. The molecule has 0 saturated carbocycles. The number of carbonyl (C=O) groups is 1. The topological polar surface area (TPSA) is 81.6 Å². The summed E-state index contributed by atoms with van der Waals surface area (Å²) in [4.78, 5) is 24.9. The molecule has 1 fully saturated rings. The van der Waals surface area contributed by atoms with Gasteiger partial charge in [-0.2, -0.15) is 0 Å². The van der Waals surface area contributed by atoms with Gasteiger partial charge in [-0.15, -0.1) is 0 Å². The number of amides is 1. The number of nitrogens with zero attached hydrogens (tertiary/aromatic N) is 4. The van der Waals surface area contributed by atoms with Gasteiger partial charge in [0.2, 0.25) is 5.91 Å². The van der Waals surface area contributed by atoms with Gasteiger partial charge in [0, 0.05) is 44.8 Å². The van der Waals surface area contributed by atoms with Crippen LogP contribution in [0.15, 0.2) is 48.9 Å². The summed E-state index contributed by atoms with van der Waals surface area (Å²) < 4.78 is 0. The van der Waals surface area contributed by atoms with Crippen molar-refractivity contribution in [3.05, 3.63) is 60.2 Å². The largest absolute Gasteiger partial charge is 0.390 e.